The van der Waals surface area contributed by atoms with Crippen LogP contribution in [0.15, 0.2) is 0 Å². The Bertz CT molecular complexity index is 253. The number of aliphatic hydroxyl groups is 1. The molecule has 5 heteroatoms. The van der Waals surface area contributed by atoms with Crippen molar-refractivity contribution in [2.24, 2.45) is 0 Å². The molecular formula is C10H18N2O3. The van der Waals surface area contributed by atoms with Crippen LogP contribution in [0.25, 0.3) is 0 Å². The first-order chi connectivity index (χ1) is 7.07. The van der Waals surface area contributed by atoms with E-state index in [9.17, 15) is 14.7 Å². The number of amides is 2. The lowest BCUT2D eigenvalue weighted by Gasteiger charge is -2.36. The first kappa shape index (κ1) is 12.0. The molecule has 1 fully saturated rings. The van der Waals surface area contributed by atoms with Gasteiger partial charge in [0, 0.05) is 13.1 Å². The Hall–Kier alpha value is -1.10. The number of aliphatic hydroxyl groups excluding tert-OH is 1. The minimum absolute atomic E-state index is 0.290. The van der Waals surface area contributed by atoms with Crippen molar-refractivity contribution in [3.63, 3.8) is 0 Å². The molecule has 2 atom stereocenters. The molecule has 2 N–H and O–H groups in total. The van der Waals surface area contributed by atoms with Gasteiger partial charge in [0.1, 0.15) is 0 Å². The van der Waals surface area contributed by atoms with Crippen molar-refractivity contribution in [1.82, 2.24) is 10.2 Å². The summed E-state index contributed by atoms with van der Waals surface area (Å²) in [6.07, 6.45) is 1.19. The van der Waals surface area contributed by atoms with Crippen LogP contribution in [0.2, 0.25) is 0 Å². The number of piperazine rings is 1. The summed E-state index contributed by atoms with van der Waals surface area (Å²) in [4.78, 5) is 24.2. The molecule has 1 aliphatic rings. The summed E-state index contributed by atoms with van der Waals surface area (Å²) in [7, 11) is 0. The molecule has 0 aliphatic carbocycles. The maximum Gasteiger partial charge on any atom is 0.312 e. The number of carbonyl (C=O) groups excluding carboxylic acids is 2. The van der Waals surface area contributed by atoms with Gasteiger partial charge >= 0.3 is 11.8 Å². The van der Waals surface area contributed by atoms with Gasteiger partial charge < -0.3 is 15.3 Å². The van der Waals surface area contributed by atoms with E-state index in [-0.39, 0.29) is 6.04 Å². The summed E-state index contributed by atoms with van der Waals surface area (Å²) in [5.41, 5.74) is 0. The standard InChI is InChI=1S/C10H18N2O3/c1-3-4-5-12-8(7(2)13)6-11-9(14)10(12)15/h7-8,13H,3-6H2,1-2H3,(H,11,14)/t7?,8-/m0/s1. The summed E-state index contributed by atoms with van der Waals surface area (Å²) in [6, 6.07) is -0.290. The van der Waals surface area contributed by atoms with Crippen molar-refractivity contribution in [1.29, 1.82) is 0 Å². The van der Waals surface area contributed by atoms with Gasteiger partial charge in [0.15, 0.2) is 0 Å². The molecule has 1 saturated heterocycles. The Morgan fingerprint density at radius 1 is 1.60 bits per heavy atom. The average Bonchev–Trinajstić information content (AvgIpc) is 2.19. The molecule has 5 nitrogen and oxygen atoms in total. The van der Waals surface area contributed by atoms with Gasteiger partial charge in [-0.05, 0) is 13.3 Å². The van der Waals surface area contributed by atoms with Crippen molar-refractivity contribution in [2.75, 3.05) is 13.1 Å². The van der Waals surface area contributed by atoms with E-state index in [0.29, 0.717) is 13.1 Å². The average molecular weight is 214 g/mol. The summed E-state index contributed by atoms with van der Waals surface area (Å²) in [5, 5.41) is 12.0. The first-order valence-electron chi connectivity index (χ1n) is 5.34. The summed E-state index contributed by atoms with van der Waals surface area (Å²) in [5.74, 6) is -1.09. The highest BCUT2D eigenvalue weighted by Crippen LogP contribution is 2.10. The predicted octanol–water partition coefficient (Wildman–Crippen LogP) is -0.506. The van der Waals surface area contributed by atoms with E-state index in [0.717, 1.165) is 12.8 Å². The normalized spacial score (nSPS) is 23.9. The van der Waals surface area contributed by atoms with Crippen LogP contribution >= 0.6 is 0 Å². The van der Waals surface area contributed by atoms with Crippen molar-refractivity contribution in [3.8, 4) is 0 Å². The molecule has 2 amide bonds. The highest BCUT2D eigenvalue weighted by molar-refractivity contribution is 6.35. The number of carbonyl (C=O) groups is 2. The van der Waals surface area contributed by atoms with Crippen molar-refractivity contribution in [3.05, 3.63) is 0 Å². The van der Waals surface area contributed by atoms with E-state index in [1.807, 2.05) is 6.92 Å². The van der Waals surface area contributed by atoms with Crippen LogP contribution in [-0.4, -0.2) is 47.1 Å². The van der Waals surface area contributed by atoms with Crippen LogP contribution in [0.3, 0.4) is 0 Å². The van der Waals surface area contributed by atoms with Crippen molar-refractivity contribution >= 4 is 11.8 Å². The third kappa shape index (κ3) is 2.68. The molecule has 1 rings (SSSR count). The van der Waals surface area contributed by atoms with Crippen LogP contribution in [0.5, 0.6) is 0 Å². The zero-order valence-corrected chi connectivity index (χ0v) is 9.19. The summed E-state index contributed by atoms with van der Waals surface area (Å²) >= 11 is 0. The fourth-order valence-corrected chi connectivity index (χ4v) is 1.69. The molecule has 1 aliphatic heterocycles. The maximum atomic E-state index is 11.5. The van der Waals surface area contributed by atoms with Gasteiger partial charge in [-0.25, -0.2) is 0 Å². The minimum atomic E-state index is -0.619. The molecule has 0 aromatic carbocycles. The number of nitrogens with one attached hydrogen (secondary N) is 1. The number of rotatable bonds is 4. The molecule has 1 heterocycles. The predicted molar refractivity (Wildman–Crippen MR) is 55.1 cm³/mol. The highest BCUT2D eigenvalue weighted by atomic mass is 16.3. The van der Waals surface area contributed by atoms with Gasteiger partial charge in [-0.3, -0.25) is 9.59 Å². The fraction of sp³-hybridized carbons (Fsp3) is 0.800. The van der Waals surface area contributed by atoms with Gasteiger partial charge in [-0.15, -0.1) is 0 Å². The summed E-state index contributed by atoms with van der Waals surface area (Å²) < 4.78 is 0. The van der Waals surface area contributed by atoms with E-state index in [4.69, 9.17) is 0 Å². The minimum Gasteiger partial charge on any atom is -0.391 e. The molecule has 0 aromatic heterocycles. The SMILES string of the molecule is CCCCN1C(=O)C(=O)NC[C@H]1C(C)O. The summed E-state index contributed by atoms with van der Waals surface area (Å²) in [6.45, 7) is 4.53. The largest absolute Gasteiger partial charge is 0.391 e. The second-order valence-electron chi connectivity index (χ2n) is 3.87. The van der Waals surface area contributed by atoms with Gasteiger partial charge in [-0.1, -0.05) is 13.3 Å². The highest BCUT2D eigenvalue weighted by Gasteiger charge is 2.35. The Morgan fingerprint density at radius 2 is 2.27 bits per heavy atom. The Kier molecular flexibility index (Phi) is 4.08. The molecular weight excluding hydrogens is 196 g/mol. The lowest BCUT2D eigenvalue weighted by atomic mass is 10.1. The van der Waals surface area contributed by atoms with Crippen LogP contribution in [0.4, 0.5) is 0 Å². The van der Waals surface area contributed by atoms with E-state index in [1.165, 1.54) is 4.90 Å². The van der Waals surface area contributed by atoms with Gasteiger partial charge in [0.05, 0.1) is 12.1 Å². The zero-order chi connectivity index (χ0) is 11.4. The quantitative estimate of drug-likeness (QED) is 0.619. The molecule has 1 unspecified atom stereocenters. The van der Waals surface area contributed by atoms with Crippen molar-refractivity contribution < 1.29 is 14.7 Å². The molecule has 0 spiro atoms. The maximum absolute atomic E-state index is 11.5. The van der Waals surface area contributed by atoms with Gasteiger partial charge in [0.2, 0.25) is 0 Å². The third-order valence-electron chi connectivity index (χ3n) is 2.64. The number of nitrogens with zero attached hydrogens (tertiary/aromatic N) is 1. The van der Waals surface area contributed by atoms with E-state index in [1.54, 1.807) is 6.92 Å². The lowest BCUT2D eigenvalue weighted by molar-refractivity contribution is -0.152. The van der Waals surface area contributed by atoms with Crippen LogP contribution in [-0.2, 0) is 9.59 Å². The second kappa shape index (κ2) is 5.11. The first-order valence-corrected chi connectivity index (χ1v) is 5.34. The van der Waals surface area contributed by atoms with Gasteiger partial charge in [0.25, 0.3) is 0 Å². The van der Waals surface area contributed by atoms with E-state index < -0.39 is 17.9 Å². The molecule has 0 saturated carbocycles. The lowest BCUT2D eigenvalue weighted by Crippen LogP contribution is -2.61. The van der Waals surface area contributed by atoms with Crippen LogP contribution in [0.1, 0.15) is 26.7 Å². The van der Waals surface area contributed by atoms with Crippen LogP contribution in [0, 0.1) is 0 Å². The monoisotopic (exact) mass is 214 g/mol. The molecule has 0 aromatic rings. The third-order valence-corrected chi connectivity index (χ3v) is 2.64. The smallest absolute Gasteiger partial charge is 0.312 e. The van der Waals surface area contributed by atoms with E-state index in [2.05, 4.69) is 5.32 Å². The Morgan fingerprint density at radius 3 is 2.80 bits per heavy atom. The van der Waals surface area contributed by atoms with Gasteiger partial charge in [-0.2, -0.15) is 0 Å². The Labute approximate surface area is 89.4 Å². The molecule has 15 heavy (non-hydrogen) atoms. The number of unbranched alkanes of at least 4 members (excludes halogenated alkanes) is 1. The molecule has 0 radical (unpaired) electrons. The number of hydrogen-bond donors (Lipinski definition) is 2. The van der Waals surface area contributed by atoms with Crippen LogP contribution < -0.4 is 5.32 Å². The fourth-order valence-electron chi connectivity index (χ4n) is 1.69. The Balaban J connectivity index is 2.70. The zero-order valence-electron chi connectivity index (χ0n) is 9.19. The number of hydrogen-bond acceptors (Lipinski definition) is 3. The molecule has 86 valence electrons. The van der Waals surface area contributed by atoms with E-state index >= 15 is 0 Å². The topological polar surface area (TPSA) is 69.6 Å². The second-order valence-corrected chi connectivity index (χ2v) is 3.87. The van der Waals surface area contributed by atoms with Crippen molar-refractivity contribution in [2.45, 2.75) is 38.8 Å². The molecule has 0 bridgehead atoms.